The highest BCUT2D eigenvalue weighted by atomic mass is 28.4. The van der Waals surface area contributed by atoms with Gasteiger partial charge in [-0.2, -0.15) is 0 Å². The minimum Gasteiger partial charge on any atom is -0.543 e. The molecule has 1 atom stereocenters. The molecule has 1 unspecified atom stereocenters. The first-order valence-electron chi connectivity index (χ1n) is 14.1. The van der Waals surface area contributed by atoms with Crippen LogP contribution in [-0.2, 0) is 14.9 Å². The Morgan fingerprint density at radius 1 is 0.925 bits per heavy atom. The highest BCUT2D eigenvalue weighted by Gasteiger charge is 2.47. The normalized spacial score (nSPS) is 13.1. The molecule has 0 radical (unpaired) electrons. The first-order chi connectivity index (χ1) is 18.7. The van der Waals surface area contributed by atoms with Crippen LogP contribution in [-0.4, -0.2) is 31.9 Å². The third-order valence-corrected chi connectivity index (χ3v) is 13.8. The molecule has 8 heteroatoms. The maximum Gasteiger partial charge on any atom is 0.404 e. The van der Waals surface area contributed by atoms with Crippen molar-refractivity contribution in [1.29, 1.82) is 0 Å². The number of hydrogen-bond acceptors (Lipinski definition) is 5. The van der Waals surface area contributed by atoms with Crippen LogP contribution < -0.4 is 15.5 Å². The number of carbonyl (C=O) groups excluding carboxylic acids is 2. The predicted octanol–water partition coefficient (Wildman–Crippen LogP) is 7.90. The summed E-state index contributed by atoms with van der Waals surface area (Å²) in [5, 5.41) is 5.08. The lowest BCUT2D eigenvalue weighted by molar-refractivity contribution is -0.118. The van der Waals surface area contributed by atoms with Crippen LogP contribution >= 0.6 is 0 Å². The van der Waals surface area contributed by atoms with Crippen molar-refractivity contribution < 1.29 is 18.8 Å². The van der Waals surface area contributed by atoms with Crippen LogP contribution in [0.2, 0.25) is 16.6 Å². The molecule has 2 amide bonds. The third-order valence-electron chi connectivity index (χ3n) is 7.84. The molecule has 0 aliphatic heterocycles. The second kappa shape index (κ2) is 12.4. The van der Waals surface area contributed by atoms with E-state index in [-0.39, 0.29) is 17.9 Å². The van der Waals surface area contributed by atoms with E-state index in [0.717, 1.165) is 22.1 Å². The maximum atomic E-state index is 13.7. The molecule has 0 fully saturated rings. The van der Waals surface area contributed by atoms with Gasteiger partial charge in [0.1, 0.15) is 12.4 Å². The Balaban J connectivity index is 1.96. The first-order valence-corrected chi connectivity index (χ1v) is 16.2. The summed E-state index contributed by atoms with van der Waals surface area (Å²) < 4.78 is 11.9. The number of primary amides is 1. The molecule has 1 heterocycles. The minimum absolute atomic E-state index is 0.174. The van der Waals surface area contributed by atoms with Gasteiger partial charge in [-0.05, 0) is 68.9 Å². The lowest BCUT2D eigenvalue weighted by Crippen LogP contribution is -2.50. The number of ether oxygens (including phenoxy) is 1. The van der Waals surface area contributed by atoms with E-state index in [2.05, 4.69) is 78.7 Å². The number of carbonyl (C=O) groups is 2. The fourth-order valence-corrected chi connectivity index (χ4v) is 11.1. The number of nitrogens with two attached hydrogens (primary N) is 1. The van der Waals surface area contributed by atoms with Crippen LogP contribution in [0.5, 0.6) is 5.75 Å². The lowest BCUT2D eigenvalue weighted by atomic mass is 9.84. The Hall–Kier alpha value is -3.39. The van der Waals surface area contributed by atoms with E-state index in [9.17, 15) is 9.59 Å². The molecular formula is C32H45N3O4Si. The Morgan fingerprint density at radius 3 is 2.05 bits per heavy atom. The van der Waals surface area contributed by atoms with Gasteiger partial charge in [0.25, 0.3) is 8.32 Å². The SMILES string of the molecule is CC(C)[Si](Oc1ccc(C(COC(N)=O)C(=O)Nc2cc3ccncc3cc2C(C)(C)C)cc1)(C(C)C)C(C)C. The van der Waals surface area contributed by atoms with Crippen molar-refractivity contribution in [2.45, 2.75) is 90.3 Å². The summed E-state index contributed by atoms with van der Waals surface area (Å²) in [5.74, 6) is -0.256. The smallest absolute Gasteiger partial charge is 0.404 e. The molecule has 3 N–H and O–H groups in total. The van der Waals surface area contributed by atoms with Crippen molar-refractivity contribution in [2.24, 2.45) is 5.73 Å². The average molecular weight is 564 g/mol. The van der Waals surface area contributed by atoms with E-state index >= 15 is 0 Å². The third kappa shape index (κ3) is 6.84. The van der Waals surface area contributed by atoms with Gasteiger partial charge < -0.3 is 20.2 Å². The molecule has 3 rings (SSSR count). The summed E-state index contributed by atoms with van der Waals surface area (Å²) in [5.41, 5.74) is 8.75. The van der Waals surface area contributed by atoms with Gasteiger partial charge in [0.05, 0.1) is 5.92 Å². The number of pyridine rings is 1. The fraction of sp³-hybridized carbons (Fsp3) is 0.469. The topological polar surface area (TPSA) is 104 Å². The van der Waals surface area contributed by atoms with Crippen molar-refractivity contribution in [3.05, 3.63) is 66.0 Å². The average Bonchev–Trinajstić information content (AvgIpc) is 2.86. The largest absolute Gasteiger partial charge is 0.543 e. The van der Waals surface area contributed by atoms with Gasteiger partial charge in [0.15, 0.2) is 0 Å². The van der Waals surface area contributed by atoms with Crippen LogP contribution in [0.15, 0.2) is 54.9 Å². The fourth-order valence-electron chi connectivity index (χ4n) is 5.89. The van der Waals surface area contributed by atoms with Crippen molar-refractivity contribution in [2.75, 3.05) is 11.9 Å². The lowest BCUT2D eigenvalue weighted by Gasteiger charge is -2.42. The van der Waals surface area contributed by atoms with Gasteiger partial charge in [-0.25, -0.2) is 4.79 Å². The summed E-state index contributed by atoms with van der Waals surface area (Å²) in [6.07, 6.45) is 2.62. The van der Waals surface area contributed by atoms with E-state index in [0.29, 0.717) is 27.9 Å². The van der Waals surface area contributed by atoms with Crippen LogP contribution in [0.25, 0.3) is 10.8 Å². The summed E-state index contributed by atoms with van der Waals surface area (Å²) >= 11 is 0. The number of amides is 2. The number of rotatable bonds is 10. The molecule has 216 valence electrons. The van der Waals surface area contributed by atoms with Gasteiger partial charge in [-0.3, -0.25) is 9.78 Å². The van der Waals surface area contributed by atoms with E-state index in [1.807, 2.05) is 42.6 Å². The molecule has 0 aliphatic carbocycles. The molecule has 0 saturated heterocycles. The zero-order valence-electron chi connectivity index (χ0n) is 25.4. The van der Waals surface area contributed by atoms with Crippen molar-refractivity contribution in [3.8, 4) is 5.75 Å². The highest BCUT2D eigenvalue weighted by Crippen LogP contribution is 2.43. The van der Waals surface area contributed by atoms with Crippen molar-refractivity contribution >= 4 is 36.8 Å². The number of benzene rings is 2. The number of nitrogens with one attached hydrogen (secondary N) is 1. The number of nitrogens with zero attached hydrogens (tertiary/aromatic N) is 1. The Bertz CT molecular complexity index is 1310. The molecule has 0 spiro atoms. The maximum absolute atomic E-state index is 13.7. The zero-order chi connectivity index (χ0) is 29.8. The van der Waals surface area contributed by atoms with Gasteiger partial charge in [0, 0.05) is 23.5 Å². The summed E-state index contributed by atoms with van der Waals surface area (Å²) in [4.78, 5) is 29.5. The minimum atomic E-state index is -2.13. The van der Waals surface area contributed by atoms with Crippen molar-refractivity contribution in [1.82, 2.24) is 4.98 Å². The van der Waals surface area contributed by atoms with E-state index in [4.69, 9.17) is 14.9 Å². The van der Waals surface area contributed by atoms with Crippen LogP contribution in [0.4, 0.5) is 10.5 Å². The number of fused-ring (bicyclic) bond motifs is 1. The molecule has 1 aromatic heterocycles. The van der Waals surface area contributed by atoms with Gasteiger partial charge in [-0.1, -0.05) is 74.4 Å². The molecule has 40 heavy (non-hydrogen) atoms. The zero-order valence-corrected chi connectivity index (χ0v) is 26.4. The van der Waals surface area contributed by atoms with Gasteiger partial charge in [0.2, 0.25) is 5.91 Å². The predicted molar refractivity (Wildman–Crippen MR) is 165 cm³/mol. The Labute approximate surface area is 240 Å². The number of hydrogen-bond donors (Lipinski definition) is 2. The second-order valence-corrected chi connectivity index (χ2v) is 17.9. The molecule has 0 aliphatic rings. The quantitative estimate of drug-likeness (QED) is 0.244. The Kier molecular flexibility index (Phi) is 9.67. The molecule has 3 aromatic rings. The Morgan fingerprint density at radius 2 is 1.52 bits per heavy atom. The molecule has 0 saturated carbocycles. The van der Waals surface area contributed by atoms with E-state index < -0.39 is 20.3 Å². The molecule has 0 bridgehead atoms. The summed E-state index contributed by atoms with van der Waals surface area (Å²) in [6.45, 7) is 19.6. The second-order valence-electron chi connectivity index (χ2n) is 12.5. The molecular weight excluding hydrogens is 518 g/mol. The van der Waals surface area contributed by atoms with Gasteiger partial charge >= 0.3 is 6.09 Å². The number of anilines is 1. The van der Waals surface area contributed by atoms with E-state index in [1.165, 1.54) is 0 Å². The number of aromatic nitrogens is 1. The van der Waals surface area contributed by atoms with Crippen LogP contribution in [0.1, 0.15) is 79.4 Å². The molecule has 2 aromatic carbocycles. The summed E-state index contributed by atoms with van der Waals surface area (Å²) in [6, 6.07) is 13.5. The first kappa shape index (κ1) is 31.1. The van der Waals surface area contributed by atoms with Crippen LogP contribution in [0.3, 0.4) is 0 Å². The summed E-state index contributed by atoms with van der Waals surface area (Å²) in [7, 11) is -2.13. The molecule has 7 nitrogen and oxygen atoms in total. The van der Waals surface area contributed by atoms with Gasteiger partial charge in [-0.15, -0.1) is 0 Å². The highest BCUT2D eigenvalue weighted by molar-refractivity contribution is 6.78. The monoisotopic (exact) mass is 563 g/mol. The van der Waals surface area contributed by atoms with Crippen molar-refractivity contribution in [3.63, 3.8) is 0 Å². The standard InChI is InChI=1S/C32H45N3O4Si/c1-20(2)40(21(3)4,22(5)6)39-26-12-10-23(11-13-26)27(19-38-31(33)37)30(36)35-29-17-24-14-15-34-18-25(24)16-28(29)32(7,8)9/h10-18,20-22,27H,19H2,1-9H3,(H2,33,37)(H,35,36). The van der Waals surface area contributed by atoms with E-state index in [1.54, 1.807) is 6.20 Å². The van der Waals surface area contributed by atoms with Crippen LogP contribution in [0, 0.1) is 0 Å².